The van der Waals surface area contributed by atoms with Gasteiger partial charge in [-0.2, -0.15) is 50.0 Å². The predicted octanol–water partition coefficient (Wildman–Crippen LogP) is 3.99. The van der Waals surface area contributed by atoms with Crippen molar-refractivity contribution in [2.45, 2.75) is 13.3 Å². The molecule has 286 valence electrons. The molecule has 0 bridgehead atoms. The van der Waals surface area contributed by atoms with Crippen LogP contribution in [0.2, 0.25) is 0 Å². The zero-order chi connectivity index (χ0) is 39.9. The van der Waals surface area contributed by atoms with Crippen molar-refractivity contribution in [2.75, 3.05) is 78.8 Å². The summed E-state index contributed by atoms with van der Waals surface area (Å²) in [6, 6.07) is 9.70. The van der Waals surface area contributed by atoms with Crippen molar-refractivity contribution in [1.29, 1.82) is 10.5 Å². The molecule has 1 fully saturated rings. The average Bonchev–Trinajstić information content (AvgIpc) is 3.88. The Morgan fingerprint density at radius 3 is 1.82 bits per heavy atom. The van der Waals surface area contributed by atoms with Crippen molar-refractivity contribution in [3.8, 4) is 23.9 Å². The molecule has 6 aromatic rings. The maximum Gasteiger partial charge on any atom is 0.252 e. The van der Waals surface area contributed by atoms with E-state index in [0.717, 1.165) is 5.56 Å². The fourth-order valence-corrected chi connectivity index (χ4v) is 5.95. The van der Waals surface area contributed by atoms with Crippen molar-refractivity contribution in [1.82, 2.24) is 54.4 Å². The van der Waals surface area contributed by atoms with Crippen molar-refractivity contribution in [3.63, 3.8) is 0 Å². The molecule has 0 atom stereocenters. The zero-order valence-electron chi connectivity index (χ0n) is 31.2. The van der Waals surface area contributed by atoms with Crippen molar-refractivity contribution >= 4 is 58.2 Å². The molecule has 0 spiro atoms. The summed E-state index contributed by atoms with van der Waals surface area (Å²) in [5.74, 6) is 3.15. The Labute approximate surface area is 325 Å². The molecule has 1 saturated heterocycles. The number of aryl methyl sites for hydroxylation is 1. The van der Waals surface area contributed by atoms with Crippen LogP contribution in [0.3, 0.4) is 0 Å². The van der Waals surface area contributed by atoms with Gasteiger partial charge in [-0.05, 0) is 24.1 Å². The van der Waals surface area contributed by atoms with E-state index in [1.54, 1.807) is 45.8 Å². The average molecular weight is 766 g/mol. The first-order valence-corrected chi connectivity index (χ1v) is 17.5. The van der Waals surface area contributed by atoms with Crippen LogP contribution in [0.25, 0.3) is 11.8 Å². The van der Waals surface area contributed by atoms with E-state index in [1.807, 2.05) is 28.9 Å². The Kier molecular flexibility index (Phi) is 10.7. The molecule has 1 aliphatic heterocycles. The van der Waals surface area contributed by atoms with Crippen LogP contribution in [-0.2, 0) is 6.42 Å². The van der Waals surface area contributed by atoms with E-state index in [2.05, 4.69) is 88.6 Å². The lowest BCUT2D eigenvalue weighted by Crippen LogP contribution is -2.47. The second-order valence-electron chi connectivity index (χ2n) is 12.0. The quantitative estimate of drug-likeness (QED) is 0.128. The van der Waals surface area contributed by atoms with Crippen LogP contribution in [0.1, 0.15) is 23.6 Å². The monoisotopic (exact) mass is 765 g/mol. The highest BCUT2D eigenvalue weighted by Gasteiger charge is 2.28. The second kappa shape index (κ2) is 16.4. The lowest BCUT2D eigenvalue weighted by Gasteiger charge is -2.37. The van der Waals surface area contributed by atoms with Gasteiger partial charge in [-0.1, -0.05) is 13.0 Å². The highest BCUT2D eigenvalue weighted by Crippen LogP contribution is 2.39. The summed E-state index contributed by atoms with van der Waals surface area (Å²) in [7, 11) is 5.13. The number of pyridine rings is 1. The minimum absolute atomic E-state index is 0.0275. The fourth-order valence-electron chi connectivity index (χ4n) is 5.95. The number of nitrogens with zero attached hydrogens (tertiary/aromatic N) is 19. The van der Waals surface area contributed by atoms with Gasteiger partial charge in [0, 0.05) is 65.9 Å². The number of aromatic nitrogens is 11. The molecular weight excluding hydrogens is 731 g/mol. The molecule has 23 nitrogen and oxygen atoms in total. The SMILES string of the molecule is CCc1cccnc1-n1ncc(C#N)c1N=Nc1c(NC)nc(NC)nc1N1CCN(c2nc(N)nc(NC)c2N=Nc2c(C#N)cnn2-c2ncccn2)CC1. The number of piperazine rings is 1. The molecule has 6 aromatic heterocycles. The number of anilines is 6. The van der Waals surface area contributed by atoms with Crippen molar-refractivity contribution in [3.05, 3.63) is 65.9 Å². The summed E-state index contributed by atoms with van der Waals surface area (Å²) in [5, 5.41) is 55.7. The zero-order valence-corrected chi connectivity index (χ0v) is 31.2. The normalized spacial score (nSPS) is 12.9. The smallest absolute Gasteiger partial charge is 0.252 e. The van der Waals surface area contributed by atoms with Gasteiger partial charge in [0.15, 0.2) is 52.1 Å². The lowest BCUT2D eigenvalue weighted by atomic mass is 10.2. The van der Waals surface area contributed by atoms with E-state index in [-0.39, 0.29) is 34.7 Å². The Balaban J connectivity index is 1.21. The fraction of sp³-hybridized carbons (Fsp3) is 0.265. The molecule has 0 aliphatic carbocycles. The van der Waals surface area contributed by atoms with Crippen LogP contribution in [0.15, 0.2) is 69.6 Å². The Morgan fingerprint density at radius 1 is 0.684 bits per heavy atom. The van der Waals surface area contributed by atoms with Gasteiger partial charge >= 0.3 is 0 Å². The third kappa shape index (κ3) is 7.35. The van der Waals surface area contributed by atoms with Crippen LogP contribution < -0.4 is 31.5 Å². The topological polar surface area (TPSA) is 291 Å². The van der Waals surface area contributed by atoms with Gasteiger partial charge in [-0.15, -0.1) is 20.5 Å². The van der Waals surface area contributed by atoms with Gasteiger partial charge in [0.05, 0.1) is 12.4 Å². The number of rotatable bonds is 12. The van der Waals surface area contributed by atoms with Crippen molar-refractivity contribution < 1.29 is 0 Å². The summed E-state index contributed by atoms with van der Waals surface area (Å²) in [5.41, 5.74) is 8.14. The van der Waals surface area contributed by atoms with Crippen LogP contribution in [0, 0.1) is 22.7 Å². The highest BCUT2D eigenvalue weighted by atomic mass is 15.4. The van der Waals surface area contributed by atoms with Gasteiger partial charge in [0.2, 0.25) is 11.9 Å². The molecule has 5 N–H and O–H groups in total. The van der Waals surface area contributed by atoms with E-state index >= 15 is 0 Å². The molecule has 0 unspecified atom stereocenters. The van der Waals surface area contributed by atoms with E-state index in [4.69, 9.17) is 10.7 Å². The minimum atomic E-state index is 0.0275. The van der Waals surface area contributed by atoms with Crippen LogP contribution in [0.5, 0.6) is 0 Å². The van der Waals surface area contributed by atoms with Gasteiger partial charge in [-0.25, -0.2) is 15.0 Å². The standard InChI is InChI=1S/C34H35N23/c1-5-20-8-6-9-41-27(20)56-28(21(16-35)18-44-56)52-51-24-26(39-3)47-33(40-4)49-31(24)55-14-12-54(13-15-55)30-23(25(38-2)46-32(37)48-30)50-53-29-22(17-36)19-45-57(29)34-42-10-7-11-43-34/h6-11,18-19H,5,12-15H2,1-4H3,(H3,37,38,46,48)(H2,39,40,47,49). The number of nitrogen functional groups attached to an aromatic ring is 1. The summed E-state index contributed by atoms with van der Waals surface area (Å²) >= 11 is 0. The molecule has 0 radical (unpaired) electrons. The van der Waals surface area contributed by atoms with Crippen LogP contribution in [-0.4, -0.2) is 102 Å². The van der Waals surface area contributed by atoms with E-state index in [1.165, 1.54) is 21.8 Å². The molecule has 7 heterocycles. The second-order valence-corrected chi connectivity index (χ2v) is 12.0. The molecule has 0 amide bonds. The van der Waals surface area contributed by atoms with Gasteiger partial charge in [0.1, 0.15) is 23.3 Å². The molecule has 57 heavy (non-hydrogen) atoms. The summed E-state index contributed by atoms with van der Waals surface area (Å²) < 4.78 is 2.83. The predicted molar refractivity (Wildman–Crippen MR) is 209 cm³/mol. The van der Waals surface area contributed by atoms with Gasteiger partial charge < -0.3 is 31.5 Å². The number of nitrogens with one attached hydrogen (secondary N) is 3. The summed E-state index contributed by atoms with van der Waals surface area (Å²) in [6.45, 7) is 3.80. The molecular formula is C34H35N23. The summed E-state index contributed by atoms with van der Waals surface area (Å²) in [6.07, 6.45) is 8.26. The lowest BCUT2D eigenvalue weighted by molar-refractivity contribution is 0.641. The minimum Gasteiger partial charge on any atom is -0.371 e. The number of nitrogens with two attached hydrogens (primary N) is 1. The van der Waals surface area contributed by atoms with Crippen LogP contribution >= 0.6 is 0 Å². The number of nitriles is 2. The maximum atomic E-state index is 9.94. The highest BCUT2D eigenvalue weighted by molar-refractivity contribution is 5.78. The van der Waals surface area contributed by atoms with Gasteiger partial charge in [-0.3, -0.25) is 0 Å². The number of hydrogen-bond acceptors (Lipinski definition) is 21. The molecule has 0 aromatic carbocycles. The third-order valence-corrected chi connectivity index (χ3v) is 8.73. The Bertz CT molecular complexity index is 2540. The number of hydrogen-bond donors (Lipinski definition) is 4. The largest absolute Gasteiger partial charge is 0.371 e. The van der Waals surface area contributed by atoms with E-state index < -0.39 is 0 Å². The molecule has 1 aliphatic rings. The first kappa shape index (κ1) is 37.1. The first-order valence-electron chi connectivity index (χ1n) is 17.5. The van der Waals surface area contributed by atoms with Gasteiger partial charge in [0.25, 0.3) is 5.95 Å². The van der Waals surface area contributed by atoms with E-state index in [9.17, 15) is 10.5 Å². The van der Waals surface area contributed by atoms with Crippen molar-refractivity contribution in [2.24, 2.45) is 20.5 Å². The van der Waals surface area contributed by atoms with E-state index in [0.29, 0.717) is 79.0 Å². The Hall–Kier alpha value is -8.21. The first-order chi connectivity index (χ1) is 27.9. The molecule has 23 heteroatoms. The molecule has 7 rings (SSSR count). The third-order valence-electron chi connectivity index (χ3n) is 8.73. The summed E-state index contributed by atoms with van der Waals surface area (Å²) in [4.78, 5) is 35.3. The maximum absolute atomic E-state index is 9.94. The molecule has 0 saturated carbocycles. The Morgan fingerprint density at radius 2 is 1.25 bits per heavy atom. The van der Waals surface area contributed by atoms with Crippen LogP contribution in [0.4, 0.5) is 58.2 Å². The number of azo groups is 2.